The molecule has 0 aliphatic heterocycles. The third kappa shape index (κ3) is 6.04. The lowest BCUT2D eigenvalue weighted by atomic mass is 9.93. The topological polar surface area (TPSA) is 56.5 Å². The van der Waals surface area contributed by atoms with Crippen molar-refractivity contribution in [3.63, 3.8) is 0 Å². The Bertz CT molecular complexity index is 2870. The predicted octanol–water partition coefficient (Wildman–Crippen LogP) is 12.4. The number of fused-ring (bicyclic) bond motifs is 3. The van der Waals surface area contributed by atoms with Crippen LogP contribution in [0.5, 0.6) is 0 Å². The third-order valence-corrected chi connectivity index (χ3v) is 10.1. The summed E-state index contributed by atoms with van der Waals surface area (Å²) in [6, 6.07) is 69.3. The lowest BCUT2D eigenvalue weighted by Gasteiger charge is -2.11. The van der Waals surface area contributed by atoms with Gasteiger partial charge in [-0.25, -0.2) is 19.6 Å². The molecule has 0 atom stereocenters. The van der Waals surface area contributed by atoms with Gasteiger partial charge in [0.2, 0.25) is 0 Å². The van der Waals surface area contributed by atoms with E-state index in [0.29, 0.717) is 17.5 Å². The molecular weight excluding hydrogens is 671 g/mol. The van der Waals surface area contributed by atoms with Gasteiger partial charge in [0.1, 0.15) is 5.69 Å². The van der Waals surface area contributed by atoms with Gasteiger partial charge < -0.3 is 0 Å². The van der Waals surface area contributed by atoms with E-state index in [4.69, 9.17) is 20.1 Å². The molecule has 0 saturated heterocycles. The molecule has 2 aromatic heterocycles. The number of aromatic nitrogens is 5. The molecule has 0 spiro atoms. The molecule has 0 radical (unpaired) electrons. The molecule has 258 valence electrons. The maximum atomic E-state index is 5.37. The second kappa shape index (κ2) is 13.8. The van der Waals surface area contributed by atoms with Crippen LogP contribution in [0.1, 0.15) is 0 Å². The Balaban J connectivity index is 1.05. The van der Waals surface area contributed by atoms with Crippen molar-refractivity contribution in [3.05, 3.63) is 200 Å². The zero-order chi connectivity index (χ0) is 36.6. The maximum Gasteiger partial charge on any atom is 0.164 e. The van der Waals surface area contributed by atoms with Gasteiger partial charge in [0.05, 0.1) is 11.2 Å². The fourth-order valence-corrected chi connectivity index (χ4v) is 7.36. The van der Waals surface area contributed by atoms with Crippen LogP contribution in [0.2, 0.25) is 0 Å². The molecule has 0 aliphatic carbocycles. The number of hydrogen-bond acceptors (Lipinski definition) is 4. The van der Waals surface area contributed by atoms with Crippen LogP contribution in [0.4, 0.5) is 0 Å². The molecule has 0 fully saturated rings. The van der Waals surface area contributed by atoms with Crippen LogP contribution in [-0.2, 0) is 0 Å². The Labute approximate surface area is 318 Å². The smallest absolute Gasteiger partial charge is 0.164 e. The second-order valence-corrected chi connectivity index (χ2v) is 13.5. The van der Waals surface area contributed by atoms with Crippen LogP contribution in [0.25, 0.3) is 95.0 Å². The first kappa shape index (κ1) is 32.2. The van der Waals surface area contributed by atoms with Gasteiger partial charge in [-0.1, -0.05) is 182 Å². The highest BCUT2D eigenvalue weighted by molar-refractivity contribution is 6.17. The minimum absolute atomic E-state index is 0.636. The molecule has 2 heterocycles. The van der Waals surface area contributed by atoms with Gasteiger partial charge in [-0.05, 0) is 45.8 Å². The summed E-state index contributed by atoms with van der Waals surface area (Å²) in [6.45, 7) is 0. The van der Waals surface area contributed by atoms with Crippen molar-refractivity contribution < 1.29 is 0 Å². The van der Waals surface area contributed by atoms with Crippen molar-refractivity contribution in [2.24, 2.45) is 0 Å². The van der Waals surface area contributed by atoms with E-state index >= 15 is 0 Å². The summed E-state index contributed by atoms with van der Waals surface area (Å²) in [7, 11) is 0. The van der Waals surface area contributed by atoms with Crippen LogP contribution in [0, 0.1) is 0 Å². The summed E-state index contributed by atoms with van der Waals surface area (Å²) >= 11 is 0. The monoisotopic (exact) mass is 703 g/mol. The number of nitrogens with zero attached hydrogens (tertiary/aromatic N) is 5. The molecule has 10 aromatic rings. The molecule has 10 rings (SSSR count). The molecule has 0 bridgehead atoms. The third-order valence-electron chi connectivity index (χ3n) is 10.1. The zero-order valence-electron chi connectivity index (χ0n) is 29.8. The predicted molar refractivity (Wildman–Crippen MR) is 225 cm³/mol. The number of rotatable bonds is 7. The van der Waals surface area contributed by atoms with E-state index in [-0.39, 0.29) is 0 Å². The Morgan fingerprint density at radius 1 is 0.345 bits per heavy atom. The second-order valence-electron chi connectivity index (χ2n) is 13.5. The van der Waals surface area contributed by atoms with E-state index in [9.17, 15) is 0 Å². The van der Waals surface area contributed by atoms with Gasteiger partial charge in [-0.15, -0.1) is 0 Å². The molecule has 0 N–H and O–H groups in total. The maximum absolute atomic E-state index is 5.37. The highest BCUT2D eigenvalue weighted by Crippen LogP contribution is 2.42. The first-order chi connectivity index (χ1) is 27.3. The molecule has 0 saturated carbocycles. The minimum atomic E-state index is 0.636. The van der Waals surface area contributed by atoms with E-state index in [1.807, 2.05) is 66.7 Å². The zero-order valence-corrected chi connectivity index (χ0v) is 29.8. The SMILES string of the molecule is c1ccc(-c2nc(-c3ccccc3)nc(-c3ccc(-c4ccc(-c5nn(-c6ccccc6)c6c5c(-c5ccccc5)cc5ccccc56)cc4)cc3)n2)cc1. The summed E-state index contributed by atoms with van der Waals surface area (Å²) in [5.41, 5.74) is 11.5. The van der Waals surface area contributed by atoms with E-state index in [2.05, 4.69) is 138 Å². The number of hydrogen-bond donors (Lipinski definition) is 0. The van der Waals surface area contributed by atoms with Crippen LogP contribution in [0.3, 0.4) is 0 Å². The van der Waals surface area contributed by atoms with Gasteiger partial charge in [0.25, 0.3) is 0 Å². The summed E-state index contributed by atoms with van der Waals surface area (Å²) < 4.78 is 2.11. The van der Waals surface area contributed by atoms with Crippen molar-refractivity contribution in [3.8, 4) is 73.4 Å². The van der Waals surface area contributed by atoms with Crippen LogP contribution in [-0.4, -0.2) is 24.7 Å². The molecule has 5 nitrogen and oxygen atoms in total. The summed E-state index contributed by atoms with van der Waals surface area (Å²) in [5.74, 6) is 1.93. The molecule has 0 aliphatic rings. The number of para-hydroxylation sites is 1. The average Bonchev–Trinajstić information content (AvgIpc) is 3.68. The Morgan fingerprint density at radius 2 is 0.764 bits per heavy atom. The summed E-state index contributed by atoms with van der Waals surface area (Å²) in [5, 5.41) is 8.85. The van der Waals surface area contributed by atoms with Gasteiger partial charge in [-0.2, -0.15) is 5.10 Å². The van der Waals surface area contributed by atoms with Crippen molar-refractivity contribution in [1.82, 2.24) is 24.7 Å². The Hall–Kier alpha value is -7.50. The van der Waals surface area contributed by atoms with E-state index in [0.717, 1.165) is 66.8 Å². The van der Waals surface area contributed by atoms with Gasteiger partial charge in [-0.3, -0.25) is 0 Å². The van der Waals surface area contributed by atoms with E-state index in [1.165, 1.54) is 10.8 Å². The van der Waals surface area contributed by atoms with Gasteiger partial charge in [0.15, 0.2) is 17.5 Å². The molecule has 5 heteroatoms. The normalized spacial score (nSPS) is 11.3. The Kier molecular flexibility index (Phi) is 8.08. The fourth-order valence-electron chi connectivity index (χ4n) is 7.36. The molecular formula is C50H33N5. The number of benzene rings is 8. The largest absolute Gasteiger partial charge is 0.232 e. The van der Waals surface area contributed by atoms with Crippen molar-refractivity contribution >= 4 is 21.7 Å². The van der Waals surface area contributed by atoms with Gasteiger partial charge >= 0.3 is 0 Å². The van der Waals surface area contributed by atoms with Crippen LogP contribution >= 0.6 is 0 Å². The summed E-state index contributed by atoms with van der Waals surface area (Å²) in [6.07, 6.45) is 0. The highest BCUT2D eigenvalue weighted by atomic mass is 15.3. The lowest BCUT2D eigenvalue weighted by Crippen LogP contribution is -2.00. The average molecular weight is 704 g/mol. The van der Waals surface area contributed by atoms with E-state index in [1.54, 1.807) is 0 Å². The van der Waals surface area contributed by atoms with Crippen molar-refractivity contribution in [1.29, 1.82) is 0 Å². The quantitative estimate of drug-likeness (QED) is 0.166. The minimum Gasteiger partial charge on any atom is -0.232 e. The Morgan fingerprint density at radius 3 is 1.31 bits per heavy atom. The standard InChI is InChI=1S/C50H33N5/c1-5-15-36(16-6-1)44-33-41-21-13-14-24-43(41)47-45(44)46(54-55(47)42-22-11-4-12-23-42)37-29-25-34(26-30-37)35-27-31-40(32-28-35)50-52-48(38-17-7-2-8-18-38)51-49(53-50)39-19-9-3-10-20-39/h1-33H. The molecule has 8 aromatic carbocycles. The van der Waals surface area contributed by atoms with Crippen molar-refractivity contribution in [2.45, 2.75) is 0 Å². The van der Waals surface area contributed by atoms with Gasteiger partial charge in [0, 0.05) is 33.0 Å². The van der Waals surface area contributed by atoms with Crippen LogP contribution in [0.15, 0.2) is 200 Å². The lowest BCUT2D eigenvalue weighted by molar-refractivity contribution is 0.918. The highest BCUT2D eigenvalue weighted by Gasteiger charge is 2.21. The fraction of sp³-hybridized carbons (Fsp3) is 0. The molecule has 55 heavy (non-hydrogen) atoms. The molecule has 0 amide bonds. The van der Waals surface area contributed by atoms with E-state index < -0.39 is 0 Å². The molecule has 0 unspecified atom stereocenters. The first-order valence-electron chi connectivity index (χ1n) is 18.4. The summed E-state index contributed by atoms with van der Waals surface area (Å²) in [4.78, 5) is 14.7. The first-order valence-corrected chi connectivity index (χ1v) is 18.4. The van der Waals surface area contributed by atoms with Crippen LogP contribution < -0.4 is 0 Å². The van der Waals surface area contributed by atoms with Crippen molar-refractivity contribution in [2.75, 3.05) is 0 Å².